The van der Waals surface area contributed by atoms with Crippen molar-refractivity contribution in [2.24, 2.45) is 17.8 Å². The molecule has 0 saturated carbocycles. The molecule has 3 aliphatic heterocycles. The molecule has 2 bridgehead atoms. The van der Waals surface area contributed by atoms with Crippen LogP contribution in [0.5, 0.6) is 0 Å². The second kappa shape index (κ2) is 8.49. The number of amides is 3. The number of fused-ring (bicyclic) bond motifs is 5. The smallest absolute Gasteiger partial charge is 0.370 e. The maximum atomic E-state index is 13.5. The summed E-state index contributed by atoms with van der Waals surface area (Å²) in [6, 6.07) is 5.03. The average Bonchev–Trinajstić information content (AvgIpc) is 3.51. The predicted octanol–water partition coefficient (Wildman–Crippen LogP) is 2.60. The minimum absolute atomic E-state index is 0.0752. The molecule has 3 aliphatic rings. The number of aromatic nitrogens is 2. The Hall–Kier alpha value is -4.05. The van der Waals surface area contributed by atoms with Crippen LogP contribution in [0.15, 0.2) is 24.3 Å². The van der Waals surface area contributed by atoms with Crippen LogP contribution in [0, 0.1) is 29.1 Å². The van der Waals surface area contributed by atoms with Crippen LogP contribution in [0.1, 0.15) is 59.3 Å². The highest BCUT2D eigenvalue weighted by molar-refractivity contribution is 6.23. The molecule has 10 nitrogen and oxygen atoms in total. The minimum Gasteiger partial charge on any atom is -0.370 e. The molecule has 3 amide bonds. The van der Waals surface area contributed by atoms with Crippen molar-refractivity contribution in [3.63, 3.8) is 0 Å². The zero-order chi connectivity index (χ0) is 27.7. The summed E-state index contributed by atoms with van der Waals surface area (Å²) >= 11 is 0. The molecule has 5 rings (SSSR count). The van der Waals surface area contributed by atoms with Crippen LogP contribution in [0.2, 0.25) is 0 Å². The number of hydrogen-bond acceptors (Lipinski definition) is 7. The van der Waals surface area contributed by atoms with Crippen molar-refractivity contribution in [3.8, 4) is 6.07 Å². The van der Waals surface area contributed by atoms with Crippen LogP contribution in [-0.4, -0.2) is 51.4 Å². The van der Waals surface area contributed by atoms with E-state index in [-0.39, 0.29) is 29.3 Å². The Kier molecular flexibility index (Phi) is 5.72. The summed E-state index contributed by atoms with van der Waals surface area (Å²) in [5.74, 6) is -4.57. The van der Waals surface area contributed by atoms with E-state index in [1.807, 2.05) is 0 Å². The third-order valence-corrected chi connectivity index (χ3v) is 7.73. The van der Waals surface area contributed by atoms with Crippen LogP contribution in [-0.2, 0) is 20.5 Å². The number of rotatable bonds is 4. The molecule has 0 radical (unpaired) electrons. The van der Waals surface area contributed by atoms with E-state index >= 15 is 0 Å². The van der Waals surface area contributed by atoms with Gasteiger partial charge in [-0.05, 0) is 37.6 Å². The van der Waals surface area contributed by atoms with Gasteiger partial charge < -0.3 is 10.1 Å². The highest BCUT2D eigenvalue weighted by Gasteiger charge is 2.69. The fraction of sp³-hybridized carbons (Fsp3) is 0.440. The number of hydrogen-bond donors (Lipinski definition) is 2. The lowest BCUT2D eigenvalue weighted by Crippen LogP contribution is -2.54. The number of alkyl halides is 3. The minimum atomic E-state index is -4.85. The molecule has 13 heteroatoms. The summed E-state index contributed by atoms with van der Waals surface area (Å²) < 4.78 is 46.7. The van der Waals surface area contributed by atoms with Gasteiger partial charge in [0.05, 0.1) is 46.4 Å². The van der Waals surface area contributed by atoms with Crippen LogP contribution in [0.25, 0.3) is 0 Å². The van der Waals surface area contributed by atoms with E-state index in [0.717, 1.165) is 17.0 Å². The van der Waals surface area contributed by atoms with Crippen molar-refractivity contribution in [2.45, 2.75) is 51.1 Å². The average molecular weight is 529 g/mol. The number of carbonyl (C=O) groups is 4. The first-order valence-electron chi connectivity index (χ1n) is 11.8. The maximum absolute atomic E-state index is 13.5. The Bertz CT molecular complexity index is 1430. The summed E-state index contributed by atoms with van der Waals surface area (Å²) in [4.78, 5) is 52.1. The van der Waals surface area contributed by atoms with Gasteiger partial charge in [-0.1, -0.05) is 6.92 Å². The number of H-pyrrole nitrogens is 1. The van der Waals surface area contributed by atoms with Crippen molar-refractivity contribution < 1.29 is 37.1 Å². The Morgan fingerprint density at radius 2 is 1.97 bits per heavy atom. The molecule has 0 aliphatic carbocycles. The Morgan fingerprint density at radius 1 is 1.26 bits per heavy atom. The largest absolute Gasteiger partial charge is 0.417 e. The number of anilines is 1. The fourth-order valence-electron chi connectivity index (χ4n) is 5.89. The van der Waals surface area contributed by atoms with Crippen molar-refractivity contribution in [1.82, 2.24) is 15.5 Å². The first-order chi connectivity index (χ1) is 17.8. The monoisotopic (exact) mass is 529 g/mol. The van der Waals surface area contributed by atoms with E-state index in [0.29, 0.717) is 6.07 Å². The molecule has 0 spiro atoms. The number of nitriles is 1. The van der Waals surface area contributed by atoms with Gasteiger partial charge in [0.1, 0.15) is 11.4 Å². The van der Waals surface area contributed by atoms with Gasteiger partial charge in [0.2, 0.25) is 11.8 Å². The second-order valence-electron chi connectivity index (χ2n) is 10.1. The number of ketones is 1. The van der Waals surface area contributed by atoms with E-state index in [4.69, 9.17) is 10.00 Å². The van der Waals surface area contributed by atoms with Gasteiger partial charge >= 0.3 is 6.18 Å². The molecule has 3 saturated heterocycles. The number of imide groups is 1. The van der Waals surface area contributed by atoms with Gasteiger partial charge in [-0.3, -0.25) is 24.3 Å². The number of nitrogens with one attached hydrogen (secondary N) is 2. The first-order valence-corrected chi connectivity index (χ1v) is 11.8. The van der Waals surface area contributed by atoms with Gasteiger partial charge in [-0.25, -0.2) is 4.90 Å². The molecule has 6 atom stereocenters. The number of ether oxygens (including phenoxy) is 1. The molecular weight excluding hydrogens is 507 g/mol. The SMILES string of the molecule is CC(=O)c1cc(C(=O)N[C@H]2C[C@]3(C)O[C@@H](C2C)[C@H]2C(=O)N(c4ccc(C#N)c(C(F)(F)F)c4)C(=O)[C@H]23)[nH]n1. The molecular formula is C25H22F3N5O5. The third kappa shape index (κ3) is 3.78. The summed E-state index contributed by atoms with van der Waals surface area (Å²) in [5, 5.41) is 18.2. The fourth-order valence-corrected chi connectivity index (χ4v) is 5.89. The summed E-state index contributed by atoms with van der Waals surface area (Å²) in [6.45, 7) is 4.72. The van der Waals surface area contributed by atoms with E-state index in [1.165, 1.54) is 19.1 Å². The van der Waals surface area contributed by atoms with E-state index in [1.54, 1.807) is 13.8 Å². The van der Waals surface area contributed by atoms with E-state index < -0.39 is 70.5 Å². The van der Waals surface area contributed by atoms with Gasteiger partial charge in [-0.15, -0.1) is 0 Å². The van der Waals surface area contributed by atoms with Gasteiger partial charge in [0, 0.05) is 18.9 Å². The molecule has 1 aromatic heterocycles. The number of carbonyl (C=O) groups excluding carboxylic acids is 4. The Balaban J connectivity index is 1.42. The van der Waals surface area contributed by atoms with Crippen LogP contribution in [0.4, 0.5) is 18.9 Å². The lowest BCUT2D eigenvalue weighted by Gasteiger charge is -2.42. The lowest BCUT2D eigenvalue weighted by molar-refractivity contribution is -0.142. The van der Waals surface area contributed by atoms with Crippen LogP contribution < -0.4 is 10.2 Å². The molecule has 1 unspecified atom stereocenters. The van der Waals surface area contributed by atoms with E-state index in [2.05, 4.69) is 15.5 Å². The molecule has 2 N–H and O–H groups in total. The van der Waals surface area contributed by atoms with Crippen LogP contribution >= 0.6 is 0 Å². The van der Waals surface area contributed by atoms with Gasteiger partial charge in [0.15, 0.2) is 5.78 Å². The normalized spacial score (nSPS) is 30.2. The highest BCUT2D eigenvalue weighted by atomic mass is 19.4. The standard InChI is InChI=1S/C25H22F3N5O5/c1-10-17(30-21(35)16-7-15(11(2)34)31-32-16)8-24(3)19-18(20(10)38-24)22(36)33(23(19)37)13-5-4-12(9-29)14(6-13)25(26,27)28/h4-7,10,17-20H,8H2,1-3H3,(H,30,35)(H,31,32)/t10?,17-,18-,19-,20-,24-/m0/s1. The third-order valence-electron chi connectivity index (χ3n) is 7.73. The molecule has 38 heavy (non-hydrogen) atoms. The second-order valence-corrected chi connectivity index (χ2v) is 10.1. The van der Waals surface area contributed by atoms with Crippen LogP contribution in [0.3, 0.4) is 0 Å². The molecule has 198 valence electrons. The summed E-state index contributed by atoms with van der Waals surface area (Å²) in [5.41, 5.74) is -3.11. The van der Waals surface area contributed by atoms with Crippen molar-refractivity contribution in [1.29, 1.82) is 5.26 Å². The number of aromatic amines is 1. The van der Waals surface area contributed by atoms with Gasteiger partial charge in [0.25, 0.3) is 5.91 Å². The zero-order valence-electron chi connectivity index (χ0n) is 20.4. The predicted molar refractivity (Wildman–Crippen MR) is 123 cm³/mol. The number of nitrogens with zero attached hydrogens (tertiary/aromatic N) is 3. The van der Waals surface area contributed by atoms with Crippen molar-refractivity contribution >= 4 is 29.2 Å². The molecule has 3 fully saturated rings. The number of benzene rings is 1. The van der Waals surface area contributed by atoms with Gasteiger partial charge in [-0.2, -0.15) is 23.5 Å². The lowest BCUT2D eigenvalue weighted by atomic mass is 9.81. The molecule has 1 aromatic carbocycles. The maximum Gasteiger partial charge on any atom is 0.417 e. The summed E-state index contributed by atoms with van der Waals surface area (Å²) in [7, 11) is 0. The quantitative estimate of drug-likeness (QED) is 0.457. The zero-order valence-corrected chi connectivity index (χ0v) is 20.4. The number of Topliss-reactive ketones (excluding diaryl/α,β-unsaturated/α-hetero) is 1. The Morgan fingerprint density at radius 3 is 2.58 bits per heavy atom. The van der Waals surface area contributed by atoms with E-state index in [9.17, 15) is 32.3 Å². The first kappa shape index (κ1) is 25.6. The molecule has 4 heterocycles. The molecule has 2 aromatic rings. The number of halogens is 3. The highest BCUT2D eigenvalue weighted by Crippen LogP contribution is 2.55. The Labute approximate surface area is 214 Å². The topological polar surface area (TPSA) is 145 Å². The summed E-state index contributed by atoms with van der Waals surface area (Å²) in [6.07, 6.45) is -5.46. The van der Waals surface area contributed by atoms with Crippen molar-refractivity contribution in [3.05, 3.63) is 46.8 Å². The van der Waals surface area contributed by atoms with Crippen molar-refractivity contribution in [2.75, 3.05) is 4.90 Å².